The van der Waals surface area contributed by atoms with Crippen LogP contribution in [0.15, 0.2) is 52.1 Å². The molecule has 1 aliphatic rings. The summed E-state index contributed by atoms with van der Waals surface area (Å²) in [4.78, 5) is 25.7. The highest BCUT2D eigenvalue weighted by Crippen LogP contribution is 2.35. The highest BCUT2D eigenvalue weighted by Gasteiger charge is 2.36. The number of nitrogens with one attached hydrogen (secondary N) is 1. The zero-order chi connectivity index (χ0) is 18.1. The van der Waals surface area contributed by atoms with Crippen LogP contribution < -0.4 is 5.32 Å². The van der Waals surface area contributed by atoms with Crippen LogP contribution in [0.2, 0.25) is 5.02 Å². The highest BCUT2D eigenvalue weighted by molar-refractivity contribution is 6.33. The van der Waals surface area contributed by atoms with Crippen molar-refractivity contribution < 1.29 is 18.7 Å². The molecule has 1 atom stereocenters. The van der Waals surface area contributed by atoms with Gasteiger partial charge in [-0.1, -0.05) is 23.7 Å². The molecular weight excluding hydrogens is 344 g/mol. The summed E-state index contributed by atoms with van der Waals surface area (Å²) in [6.07, 6.45) is 0. The van der Waals surface area contributed by atoms with Crippen LogP contribution in [0.4, 0.5) is 4.79 Å². The molecule has 0 bridgehead atoms. The van der Waals surface area contributed by atoms with Gasteiger partial charge >= 0.3 is 12.0 Å². The lowest BCUT2D eigenvalue weighted by atomic mass is 10.0. The molecule has 6 nitrogen and oxygen atoms in total. The number of halogens is 1. The topological polar surface area (TPSA) is 71.8 Å². The van der Waals surface area contributed by atoms with Gasteiger partial charge in [0.1, 0.15) is 17.6 Å². The maximum Gasteiger partial charge on any atom is 0.338 e. The van der Waals surface area contributed by atoms with Crippen LogP contribution in [0, 0.1) is 0 Å². The number of esters is 1. The van der Waals surface area contributed by atoms with Gasteiger partial charge in [-0.2, -0.15) is 0 Å². The fourth-order valence-electron chi connectivity index (χ4n) is 2.74. The molecule has 0 saturated carbocycles. The molecule has 2 aromatic rings. The summed E-state index contributed by atoms with van der Waals surface area (Å²) in [7, 11) is 2.88. The van der Waals surface area contributed by atoms with Crippen molar-refractivity contribution in [2.24, 2.45) is 0 Å². The number of rotatable bonds is 3. The van der Waals surface area contributed by atoms with Gasteiger partial charge in [-0.15, -0.1) is 0 Å². The SMILES string of the molecule is COC(=O)C1=C(C)N(C)C(=O)N[C@H]1c1ccc(-c2ccccc2Cl)o1. The minimum atomic E-state index is -0.729. The van der Waals surface area contributed by atoms with Gasteiger partial charge in [0.05, 0.1) is 17.7 Å². The predicted octanol–water partition coefficient (Wildman–Crippen LogP) is 3.74. The number of hydrogen-bond acceptors (Lipinski definition) is 4. The van der Waals surface area contributed by atoms with Crippen LogP contribution in [-0.4, -0.2) is 31.1 Å². The molecule has 0 aliphatic carbocycles. The van der Waals surface area contributed by atoms with E-state index in [-0.39, 0.29) is 6.03 Å². The Balaban J connectivity index is 2.05. The molecule has 2 heterocycles. The number of urea groups is 1. The van der Waals surface area contributed by atoms with E-state index in [9.17, 15) is 9.59 Å². The van der Waals surface area contributed by atoms with Gasteiger partial charge < -0.3 is 19.4 Å². The Hall–Kier alpha value is -2.73. The van der Waals surface area contributed by atoms with Crippen molar-refractivity contribution in [2.75, 3.05) is 14.2 Å². The minimum absolute atomic E-state index is 0.324. The van der Waals surface area contributed by atoms with E-state index in [4.69, 9.17) is 20.8 Å². The molecule has 25 heavy (non-hydrogen) atoms. The highest BCUT2D eigenvalue weighted by atomic mass is 35.5. The Bertz CT molecular complexity index is 871. The molecule has 130 valence electrons. The fourth-order valence-corrected chi connectivity index (χ4v) is 2.97. The Morgan fingerprint density at radius 1 is 1.28 bits per heavy atom. The Labute approximate surface area is 150 Å². The van der Waals surface area contributed by atoms with Gasteiger partial charge in [-0.3, -0.25) is 0 Å². The average Bonchev–Trinajstić information content (AvgIpc) is 3.09. The maximum absolute atomic E-state index is 12.2. The normalized spacial score (nSPS) is 17.5. The van der Waals surface area contributed by atoms with Crippen LogP contribution in [0.3, 0.4) is 0 Å². The first-order chi connectivity index (χ1) is 11.9. The van der Waals surface area contributed by atoms with E-state index in [2.05, 4.69) is 5.32 Å². The number of hydrogen-bond donors (Lipinski definition) is 1. The van der Waals surface area contributed by atoms with E-state index in [1.54, 1.807) is 32.2 Å². The lowest BCUT2D eigenvalue weighted by molar-refractivity contribution is -0.136. The molecule has 0 saturated heterocycles. The van der Waals surface area contributed by atoms with E-state index in [0.29, 0.717) is 27.8 Å². The second-order valence-electron chi connectivity index (χ2n) is 5.61. The van der Waals surface area contributed by atoms with Gasteiger partial charge in [0.15, 0.2) is 0 Å². The van der Waals surface area contributed by atoms with Crippen molar-refractivity contribution in [3.05, 3.63) is 58.5 Å². The summed E-state index contributed by atoms with van der Waals surface area (Å²) in [5.41, 5.74) is 1.57. The number of furan rings is 1. The summed E-state index contributed by atoms with van der Waals surface area (Å²) < 4.78 is 10.8. The van der Waals surface area contributed by atoms with Gasteiger partial charge in [0.2, 0.25) is 0 Å². The molecule has 0 unspecified atom stereocenters. The number of nitrogens with zero attached hydrogens (tertiary/aromatic N) is 1. The zero-order valence-corrected chi connectivity index (χ0v) is 14.8. The van der Waals surface area contributed by atoms with Crippen molar-refractivity contribution in [1.29, 1.82) is 0 Å². The maximum atomic E-state index is 12.2. The van der Waals surface area contributed by atoms with Crippen LogP contribution in [0.25, 0.3) is 11.3 Å². The van der Waals surface area contributed by atoms with E-state index >= 15 is 0 Å². The molecule has 0 radical (unpaired) electrons. The molecule has 7 heteroatoms. The van der Waals surface area contributed by atoms with Crippen molar-refractivity contribution in [1.82, 2.24) is 10.2 Å². The Morgan fingerprint density at radius 2 is 2.00 bits per heavy atom. The third kappa shape index (κ3) is 3.00. The number of methoxy groups -OCH3 is 1. The summed E-state index contributed by atoms with van der Waals surface area (Å²) in [6, 6.07) is 9.69. The zero-order valence-electron chi connectivity index (χ0n) is 14.0. The van der Waals surface area contributed by atoms with Crippen LogP contribution >= 0.6 is 11.6 Å². The molecule has 2 amide bonds. The number of allylic oxidation sites excluding steroid dienone is 1. The second-order valence-corrected chi connectivity index (χ2v) is 6.02. The lowest BCUT2D eigenvalue weighted by Gasteiger charge is -2.31. The monoisotopic (exact) mass is 360 g/mol. The first kappa shape index (κ1) is 17.1. The van der Waals surface area contributed by atoms with Gasteiger partial charge in [-0.05, 0) is 31.2 Å². The molecule has 0 fully saturated rings. The molecule has 1 aliphatic heterocycles. The molecule has 0 spiro atoms. The Kier molecular flexibility index (Phi) is 4.55. The van der Waals surface area contributed by atoms with E-state index in [1.165, 1.54) is 12.0 Å². The third-order valence-corrected chi connectivity index (χ3v) is 4.54. The summed E-state index contributed by atoms with van der Waals surface area (Å²) >= 11 is 6.20. The van der Waals surface area contributed by atoms with Crippen LogP contribution in [0.5, 0.6) is 0 Å². The number of benzene rings is 1. The lowest BCUT2D eigenvalue weighted by Crippen LogP contribution is -2.46. The van der Waals surface area contributed by atoms with E-state index in [1.807, 2.05) is 18.2 Å². The van der Waals surface area contributed by atoms with Crippen molar-refractivity contribution in [3.63, 3.8) is 0 Å². The Morgan fingerprint density at radius 3 is 2.68 bits per heavy atom. The second kappa shape index (κ2) is 6.64. The summed E-state index contributed by atoms with van der Waals surface area (Å²) in [5, 5.41) is 3.31. The minimum Gasteiger partial charge on any atom is -0.466 e. The quantitative estimate of drug-likeness (QED) is 0.846. The third-order valence-electron chi connectivity index (χ3n) is 4.21. The molecule has 3 rings (SSSR count). The van der Waals surface area contributed by atoms with Crippen LogP contribution in [0.1, 0.15) is 18.7 Å². The van der Waals surface area contributed by atoms with Gasteiger partial charge in [-0.25, -0.2) is 9.59 Å². The first-order valence-electron chi connectivity index (χ1n) is 7.62. The van der Waals surface area contributed by atoms with E-state index < -0.39 is 12.0 Å². The number of ether oxygens (including phenoxy) is 1. The summed E-state index contributed by atoms with van der Waals surface area (Å²) in [6.45, 7) is 1.69. The smallest absolute Gasteiger partial charge is 0.338 e. The number of carbonyl (C=O) groups excluding carboxylic acids is 2. The molecule has 1 N–H and O–H groups in total. The molecule has 1 aromatic heterocycles. The van der Waals surface area contributed by atoms with Gasteiger partial charge in [0.25, 0.3) is 0 Å². The standard InChI is InChI=1S/C18H17ClN2O4/c1-10-15(17(22)24-3)16(20-18(23)21(10)2)14-9-8-13(25-14)11-6-4-5-7-12(11)19/h4-9,16H,1-3H3,(H,20,23)/t16-/m0/s1. The first-order valence-corrected chi connectivity index (χ1v) is 7.99. The van der Waals surface area contributed by atoms with Gasteiger partial charge in [0, 0.05) is 18.3 Å². The molecular formula is C18H17ClN2O4. The summed E-state index contributed by atoms with van der Waals surface area (Å²) in [5.74, 6) is 0.455. The number of carbonyl (C=O) groups is 2. The van der Waals surface area contributed by atoms with Crippen molar-refractivity contribution in [2.45, 2.75) is 13.0 Å². The van der Waals surface area contributed by atoms with Crippen LogP contribution in [-0.2, 0) is 9.53 Å². The molecule has 1 aromatic carbocycles. The average molecular weight is 361 g/mol. The number of amides is 2. The largest absolute Gasteiger partial charge is 0.466 e. The van der Waals surface area contributed by atoms with E-state index in [0.717, 1.165) is 5.56 Å². The van der Waals surface area contributed by atoms with Crippen molar-refractivity contribution >= 4 is 23.6 Å². The predicted molar refractivity (Wildman–Crippen MR) is 92.9 cm³/mol. The van der Waals surface area contributed by atoms with Crippen molar-refractivity contribution in [3.8, 4) is 11.3 Å². The fraction of sp³-hybridized carbons (Fsp3) is 0.222.